The van der Waals surface area contributed by atoms with Crippen molar-refractivity contribution in [2.75, 3.05) is 0 Å². The molecule has 0 amide bonds. The molecule has 15 heavy (non-hydrogen) atoms. The second-order valence-corrected chi connectivity index (χ2v) is 7.08. The minimum atomic E-state index is 0.579. The molecule has 0 saturated heterocycles. The van der Waals surface area contributed by atoms with E-state index >= 15 is 0 Å². The molecule has 0 heterocycles. The third-order valence-electron chi connectivity index (χ3n) is 6.88. The van der Waals surface area contributed by atoms with Crippen LogP contribution in [0.1, 0.15) is 59.3 Å². The van der Waals surface area contributed by atoms with E-state index in [1.807, 2.05) is 0 Å². The molecule has 0 aliphatic heterocycles. The Bertz CT molecular complexity index is 329. The third kappa shape index (κ3) is 0.867. The van der Waals surface area contributed by atoms with E-state index in [9.17, 15) is 0 Å². The van der Waals surface area contributed by atoms with E-state index in [1.165, 1.54) is 38.5 Å². The average Bonchev–Trinajstić information content (AvgIpc) is 2.55. The molecule has 84 valence electrons. The molecule has 0 aromatic rings. The van der Waals surface area contributed by atoms with Gasteiger partial charge in [-0.15, -0.1) is 0 Å². The van der Waals surface area contributed by atoms with Crippen LogP contribution in [0, 0.1) is 22.2 Å². The summed E-state index contributed by atoms with van der Waals surface area (Å²) in [5.41, 5.74) is 3.37. The quantitative estimate of drug-likeness (QED) is 0.507. The molecule has 0 unspecified atom stereocenters. The molecule has 3 aliphatic rings. The van der Waals surface area contributed by atoms with E-state index < -0.39 is 0 Å². The number of fused-ring (bicyclic) bond motifs is 5. The molecule has 3 aliphatic carbocycles. The van der Waals surface area contributed by atoms with Gasteiger partial charge < -0.3 is 0 Å². The molecule has 3 rings (SSSR count). The van der Waals surface area contributed by atoms with Crippen LogP contribution in [0.25, 0.3) is 0 Å². The van der Waals surface area contributed by atoms with Crippen LogP contribution in [0.2, 0.25) is 0 Å². The molecule has 4 atom stereocenters. The van der Waals surface area contributed by atoms with Crippen molar-refractivity contribution in [1.82, 2.24) is 0 Å². The average molecular weight is 204 g/mol. The van der Waals surface area contributed by atoms with Crippen LogP contribution in [-0.4, -0.2) is 0 Å². The minimum Gasteiger partial charge on any atom is -0.0996 e. The van der Waals surface area contributed by atoms with Crippen LogP contribution < -0.4 is 0 Å². The number of hydrogen-bond acceptors (Lipinski definition) is 0. The van der Waals surface area contributed by atoms with Gasteiger partial charge in [0.2, 0.25) is 0 Å². The number of rotatable bonds is 0. The second-order valence-electron chi connectivity index (χ2n) is 7.08. The maximum Gasteiger partial charge on any atom is -0.0141 e. The van der Waals surface area contributed by atoms with Gasteiger partial charge in [-0.2, -0.15) is 0 Å². The highest BCUT2D eigenvalue weighted by atomic mass is 14.7. The monoisotopic (exact) mass is 204 g/mol. The van der Waals surface area contributed by atoms with E-state index in [0.29, 0.717) is 16.2 Å². The smallest absolute Gasteiger partial charge is 0.0141 e. The van der Waals surface area contributed by atoms with E-state index in [0.717, 1.165) is 5.92 Å². The Hall–Kier alpha value is -0.260. The molecular formula is C15H24. The number of hydrogen-bond donors (Lipinski definition) is 0. The van der Waals surface area contributed by atoms with Gasteiger partial charge in [-0.3, -0.25) is 0 Å². The fourth-order valence-corrected chi connectivity index (χ4v) is 5.41. The molecule has 0 aromatic carbocycles. The zero-order valence-electron chi connectivity index (χ0n) is 10.5. The fourth-order valence-electron chi connectivity index (χ4n) is 5.41. The lowest BCUT2D eigenvalue weighted by Gasteiger charge is -2.45. The summed E-state index contributed by atoms with van der Waals surface area (Å²) in [6.07, 6.45) is 8.48. The van der Waals surface area contributed by atoms with Gasteiger partial charge in [-0.1, -0.05) is 39.3 Å². The predicted molar refractivity (Wildman–Crippen MR) is 64.7 cm³/mol. The standard InChI is InChI=1S/C15H24/c1-11-6-9-13(2)10-12(11)14(3)7-5-8-15(13,14)4/h12H,1,5-10H2,2-4H3/t12-,13-,14+,15-/m0/s1. The van der Waals surface area contributed by atoms with Crippen LogP contribution in [-0.2, 0) is 0 Å². The minimum absolute atomic E-state index is 0.579. The first-order chi connectivity index (χ1) is 6.93. The maximum absolute atomic E-state index is 4.36. The van der Waals surface area contributed by atoms with Crippen molar-refractivity contribution < 1.29 is 0 Å². The van der Waals surface area contributed by atoms with Gasteiger partial charge in [-0.25, -0.2) is 0 Å². The van der Waals surface area contributed by atoms with Crippen molar-refractivity contribution in [3.63, 3.8) is 0 Å². The Balaban J connectivity index is 2.16. The lowest BCUT2D eigenvalue weighted by Crippen LogP contribution is -2.38. The SMILES string of the molecule is C=C1CC[C@@]2(C)C[C@@H]1[C@@]1(C)CCC[C@@]21C. The Kier molecular flexibility index (Phi) is 1.67. The summed E-state index contributed by atoms with van der Waals surface area (Å²) in [6, 6.07) is 0. The first kappa shape index (κ1) is 9.93. The Morgan fingerprint density at radius 2 is 1.87 bits per heavy atom. The van der Waals surface area contributed by atoms with Crippen molar-refractivity contribution in [2.24, 2.45) is 22.2 Å². The van der Waals surface area contributed by atoms with E-state index in [1.54, 1.807) is 5.57 Å². The van der Waals surface area contributed by atoms with Gasteiger partial charge in [-0.05, 0) is 54.3 Å². The summed E-state index contributed by atoms with van der Waals surface area (Å²) in [6.45, 7) is 12.1. The third-order valence-corrected chi connectivity index (χ3v) is 6.88. The van der Waals surface area contributed by atoms with Gasteiger partial charge in [0.1, 0.15) is 0 Å². The van der Waals surface area contributed by atoms with Crippen LogP contribution in [0.15, 0.2) is 12.2 Å². The molecule has 0 spiro atoms. The largest absolute Gasteiger partial charge is 0.0996 e. The fraction of sp³-hybridized carbons (Fsp3) is 0.867. The van der Waals surface area contributed by atoms with Gasteiger partial charge in [0, 0.05) is 0 Å². The molecule has 0 aromatic heterocycles. The first-order valence-corrected chi connectivity index (χ1v) is 6.61. The summed E-state index contributed by atoms with van der Waals surface area (Å²) < 4.78 is 0. The summed E-state index contributed by atoms with van der Waals surface area (Å²) in [7, 11) is 0. The molecule has 0 heteroatoms. The lowest BCUT2D eigenvalue weighted by atomic mass is 9.59. The van der Waals surface area contributed by atoms with Crippen molar-refractivity contribution >= 4 is 0 Å². The highest BCUT2D eigenvalue weighted by molar-refractivity contribution is 5.26. The molecule has 3 fully saturated rings. The van der Waals surface area contributed by atoms with Gasteiger partial charge in [0.15, 0.2) is 0 Å². The lowest BCUT2D eigenvalue weighted by molar-refractivity contribution is 0.0325. The Morgan fingerprint density at radius 1 is 1.13 bits per heavy atom. The highest BCUT2D eigenvalue weighted by Crippen LogP contribution is 2.76. The normalized spacial score (nSPS) is 58.3. The van der Waals surface area contributed by atoms with Gasteiger partial charge in [0.25, 0.3) is 0 Å². The first-order valence-electron chi connectivity index (χ1n) is 6.61. The summed E-state index contributed by atoms with van der Waals surface area (Å²) in [5.74, 6) is 0.837. The predicted octanol–water partition coefficient (Wildman–Crippen LogP) is 4.56. The Labute approximate surface area is 94.1 Å². The summed E-state index contributed by atoms with van der Waals surface area (Å²) in [4.78, 5) is 0. The number of allylic oxidation sites excluding steroid dienone is 1. The van der Waals surface area contributed by atoms with Crippen LogP contribution >= 0.6 is 0 Å². The van der Waals surface area contributed by atoms with E-state index in [4.69, 9.17) is 0 Å². The summed E-state index contributed by atoms with van der Waals surface area (Å²) in [5, 5.41) is 0. The zero-order chi connectivity index (χ0) is 10.9. The topological polar surface area (TPSA) is 0 Å². The molecule has 3 saturated carbocycles. The van der Waals surface area contributed by atoms with Crippen LogP contribution in [0.3, 0.4) is 0 Å². The molecule has 0 nitrogen and oxygen atoms in total. The van der Waals surface area contributed by atoms with Crippen LogP contribution in [0.4, 0.5) is 0 Å². The Morgan fingerprint density at radius 3 is 2.60 bits per heavy atom. The van der Waals surface area contributed by atoms with Gasteiger partial charge in [0.05, 0.1) is 0 Å². The summed E-state index contributed by atoms with van der Waals surface area (Å²) >= 11 is 0. The maximum atomic E-state index is 4.36. The van der Waals surface area contributed by atoms with E-state index in [2.05, 4.69) is 27.4 Å². The zero-order valence-corrected chi connectivity index (χ0v) is 10.5. The van der Waals surface area contributed by atoms with Gasteiger partial charge >= 0.3 is 0 Å². The molecule has 2 bridgehead atoms. The highest BCUT2D eigenvalue weighted by Gasteiger charge is 2.68. The van der Waals surface area contributed by atoms with E-state index in [-0.39, 0.29) is 0 Å². The molecule has 0 N–H and O–H groups in total. The van der Waals surface area contributed by atoms with Crippen molar-refractivity contribution in [3.8, 4) is 0 Å². The van der Waals surface area contributed by atoms with Crippen LogP contribution in [0.5, 0.6) is 0 Å². The molecule has 0 radical (unpaired) electrons. The van der Waals surface area contributed by atoms with Crippen molar-refractivity contribution in [2.45, 2.75) is 59.3 Å². The van der Waals surface area contributed by atoms with Crippen molar-refractivity contribution in [1.29, 1.82) is 0 Å². The second kappa shape index (κ2) is 2.52. The van der Waals surface area contributed by atoms with Crippen molar-refractivity contribution in [3.05, 3.63) is 12.2 Å². The molecular weight excluding hydrogens is 180 g/mol.